The van der Waals surface area contributed by atoms with Crippen LogP contribution in [-0.2, 0) is 4.79 Å². The molecule has 1 aliphatic rings. The van der Waals surface area contributed by atoms with Crippen LogP contribution in [0.5, 0.6) is 0 Å². The maximum atomic E-state index is 12.2. The summed E-state index contributed by atoms with van der Waals surface area (Å²) < 4.78 is 5.29. The van der Waals surface area contributed by atoms with E-state index in [9.17, 15) is 9.59 Å². The number of hydrogen-bond donors (Lipinski definition) is 3. The van der Waals surface area contributed by atoms with Crippen LogP contribution in [-0.4, -0.2) is 17.1 Å². The number of nitrogens with zero attached hydrogens (tertiary/aromatic N) is 1. The fourth-order valence-electron chi connectivity index (χ4n) is 2.33. The average Bonchev–Trinajstić information content (AvgIpc) is 3.28. The van der Waals surface area contributed by atoms with Gasteiger partial charge in [0.05, 0.1) is 10.7 Å². The van der Waals surface area contributed by atoms with Crippen molar-refractivity contribution in [2.45, 2.75) is 32.6 Å². The van der Waals surface area contributed by atoms with Gasteiger partial charge < -0.3 is 20.5 Å². The van der Waals surface area contributed by atoms with Gasteiger partial charge in [0.25, 0.3) is 0 Å². The number of urea groups is 1. The molecule has 7 nitrogen and oxygen atoms in total. The second kappa shape index (κ2) is 6.52. The van der Waals surface area contributed by atoms with Crippen molar-refractivity contribution in [3.8, 4) is 0 Å². The Labute approximate surface area is 143 Å². The van der Waals surface area contributed by atoms with Crippen molar-refractivity contribution < 1.29 is 14.1 Å². The minimum atomic E-state index is -0.433. The molecule has 1 heterocycles. The Balaban J connectivity index is 1.69. The van der Waals surface area contributed by atoms with E-state index < -0.39 is 6.03 Å². The minimum Gasteiger partial charge on any atom is -0.359 e. The highest BCUT2D eigenvalue weighted by molar-refractivity contribution is 6.34. The minimum absolute atomic E-state index is 0.194. The molecule has 1 aliphatic carbocycles. The molecule has 0 radical (unpaired) electrons. The SMILES string of the molecule is CC(=O)Nc1ccc(NC(=O)Nc2c(C)noc2C2CC2)c(Cl)c1. The molecule has 0 spiro atoms. The van der Waals surface area contributed by atoms with Crippen molar-refractivity contribution in [2.75, 3.05) is 16.0 Å². The first-order valence-corrected chi connectivity index (χ1v) is 7.93. The van der Waals surface area contributed by atoms with Crippen LogP contribution in [0.3, 0.4) is 0 Å². The maximum Gasteiger partial charge on any atom is 0.323 e. The van der Waals surface area contributed by atoms with E-state index >= 15 is 0 Å². The molecule has 0 saturated heterocycles. The van der Waals surface area contributed by atoms with Crippen molar-refractivity contribution in [1.29, 1.82) is 0 Å². The molecular weight excluding hydrogens is 332 g/mol. The summed E-state index contributed by atoms with van der Waals surface area (Å²) in [5, 5.41) is 12.3. The first kappa shape index (κ1) is 16.3. The fraction of sp³-hybridized carbons (Fsp3) is 0.312. The Hall–Kier alpha value is -2.54. The van der Waals surface area contributed by atoms with Gasteiger partial charge in [-0.1, -0.05) is 16.8 Å². The zero-order chi connectivity index (χ0) is 17.3. The van der Waals surface area contributed by atoms with Crippen LogP contribution in [0.15, 0.2) is 22.7 Å². The van der Waals surface area contributed by atoms with Gasteiger partial charge in [-0.2, -0.15) is 0 Å². The molecule has 1 fully saturated rings. The Morgan fingerprint density at radius 1 is 1.25 bits per heavy atom. The van der Waals surface area contributed by atoms with E-state index in [2.05, 4.69) is 21.1 Å². The van der Waals surface area contributed by atoms with Gasteiger partial charge in [0.2, 0.25) is 5.91 Å². The van der Waals surface area contributed by atoms with Crippen LogP contribution in [0.2, 0.25) is 5.02 Å². The quantitative estimate of drug-likeness (QED) is 0.774. The summed E-state index contributed by atoms with van der Waals surface area (Å²) in [6.07, 6.45) is 2.09. The largest absolute Gasteiger partial charge is 0.359 e. The summed E-state index contributed by atoms with van der Waals surface area (Å²) >= 11 is 6.14. The first-order chi connectivity index (χ1) is 11.4. The van der Waals surface area contributed by atoms with E-state index in [-0.39, 0.29) is 5.91 Å². The molecule has 2 aromatic rings. The molecule has 8 heteroatoms. The molecule has 0 unspecified atom stereocenters. The third kappa shape index (κ3) is 3.68. The molecule has 1 aromatic heterocycles. The maximum absolute atomic E-state index is 12.2. The third-order valence-electron chi connectivity index (χ3n) is 3.61. The van der Waals surface area contributed by atoms with Crippen LogP contribution < -0.4 is 16.0 Å². The molecule has 1 saturated carbocycles. The smallest absolute Gasteiger partial charge is 0.323 e. The van der Waals surface area contributed by atoms with Gasteiger partial charge in [-0.05, 0) is 38.0 Å². The Bertz CT molecular complexity index is 799. The number of carbonyl (C=O) groups excluding carboxylic acids is 2. The summed E-state index contributed by atoms with van der Waals surface area (Å²) in [5.74, 6) is 0.858. The van der Waals surface area contributed by atoms with Gasteiger partial charge in [0, 0.05) is 18.5 Å². The van der Waals surface area contributed by atoms with Gasteiger partial charge in [-0.25, -0.2) is 4.79 Å². The van der Waals surface area contributed by atoms with Crippen LogP contribution in [0, 0.1) is 6.92 Å². The molecule has 0 bridgehead atoms. The molecule has 24 heavy (non-hydrogen) atoms. The second-order valence-corrected chi connectivity index (χ2v) is 6.14. The zero-order valence-electron chi connectivity index (χ0n) is 13.3. The van der Waals surface area contributed by atoms with E-state index in [1.54, 1.807) is 25.1 Å². The van der Waals surface area contributed by atoms with E-state index in [1.807, 2.05) is 0 Å². The van der Waals surface area contributed by atoms with E-state index in [0.29, 0.717) is 33.7 Å². The molecule has 3 amide bonds. The molecule has 3 N–H and O–H groups in total. The lowest BCUT2D eigenvalue weighted by Gasteiger charge is -2.10. The van der Waals surface area contributed by atoms with Crippen LogP contribution >= 0.6 is 11.6 Å². The Morgan fingerprint density at radius 2 is 2.00 bits per heavy atom. The van der Waals surface area contributed by atoms with E-state index in [1.165, 1.54) is 6.92 Å². The number of benzene rings is 1. The second-order valence-electron chi connectivity index (χ2n) is 5.74. The summed E-state index contributed by atoms with van der Waals surface area (Å²) in [7, 11) is 0. The molecule has 3 rings (SSSR count). The average molecular weight is 349 g/mol. The number of rotatable bonds is 4. The lowest BCUT2D eigenvalue weighted by atomic mass is 10.2. The number of nitrogens with one attached hydrogen (secondary N) is 3. The van der Waals surface area contributed by atoms with Crippen molar-refractivity contribution in [1.82, 2.24) is 5.16 Å². The first-order valence-electron chi connectivity index (χ1n) is 7.55. The molecule has 1 aromatic carbocycles. The molecule has 0 aliphatic heterocycles. The number of aromatic nitrogens is 1. The third-order valence-corrected chi connectivity index (χ3v) is 3.93. The zero-order valence-corrected chi connectivity index (χ0v) is 14.0. The van der Waals surface area contributed by atoms with Gasteiger partial charge in [0.15, 0.2) is 5.76 Å². The highest BCUT2D eigenvalue weighted by atomic mass is 35.5. The number of aryl methyl sites for hydroxylation is 1. The van der Waals surface area contributed by atoms with Gasteiger partial charge in [0.1, 0.15) is 11.4 Å². The number of hydrogen-bond acceptors (Lipinski definition) is 4. The van der Waals surface area contributed by atoms with Crippen LogP contribution in [0.25, 0.3) is 0 Å². The summed E-state index contributed by atoms with van der Waals surface area (Å²) in [6.45, 7) is 3.19. The van der Waals surface area contributed by atoms with Crippen LogP contribution in [0.1, 0.15) is 37.1 Å². The highest BCUT2D eigenvalue weighted by Gasteiger charge is 2.32. The molecular formula is C16H17ClN4O3. The summed E-state index contributed by atoms with van der Waals surface area (Å²) in [6, 6.07) is 4.41. The van der Waals surface area contributed by atoms with Crippen molar-refractivity contribution in [3.63, 3.8) is 0 Å². The predicted octanol–water partition coefficient (Wildman–Crippen LogP) is 4.12. The standard InChI is InChI=1S/C16H17ClN4O3/c1-8-14(15(24-21-8)10-3-4-10)20-16(23)19-13-6-5-11(7-12(13)17)18-9(2)22/h5-7,10H,3-4H2,1-2H3,(H,18,22)(H2,19,20,23). The number of halogens is 1. The van der Waals surface area contributed by atoms with E-state index in [0.717, 1.165) is 18.6 Å². The van der Waals surface area contributed by atoms with Crippen molar-refractivity contribution in [3.05, 3.63) is 34.7 Å². The fourth-order valence-corrected chi connectivity index (χ4v) is 2.56. The highest BCUT2D eigenvalue weighted by Crippen LogP contribution is 2.44. The Morgan fingerprint density at radius 3 is 2.62 bits per heavy atom. The van der Waals surface area contributed by atoms with Crippen LogP contribution in [0.4, 0.5) is 21.9 Å². The van der Waals surface area contributed by atoms with Gasteiger partial charge in [-0.15, -0.1) is 0 Å². The number of amides is 3. The van der Waals surface area contributed by atoms with E-state index in [4.69, 9.17) is 16.1 Å². The summed E-state index contributed by atoms with van der Waals surface area (Å²) in [4.78, 5) is 23.3. The van der Waals surface area contributed by atoms with Gasteiger partial charge in [-0.3, -0.25) is 4.79 Å². The topological polar surface area (TPSA) is 96.3 Å². The number of carbonyl (C=O) groups is 2. The predicted molar refractivity (Wildman–Crippen MR) is 91.6 cm³/mol. The lowest BCUT2D eigenvalue weighted by Crippen LogP contribution is -2.20. The lowest BCUT2D eigenvalue weighted by molar-refractivity contribution is -0.114. The van der Waals surface area contributed by atoms with Crippen molar-refractivity contribution in [2.24, 2.45) is 0 Å². The molecule has 0 atom stereocenters. The molecule has 126 valence electrons. The normalized spacial score (nSPS) is 13.5. The monoisotopic (exact) mass is 348 g/mol. The van der Waals surface area contributed by atoms with Gasteiger partial charge >= 0.3 is 6.03 Å². The summed E-state index contributed by atoms with van der Waals surface area (Å²) in [5.41, 5.74) is 2.25. The number of anilines is 3. The Kier molecular flexibility index (Phi) is 4.44. The van der Waals surface area contributed by atoms with Crippen molar-refractivity contribution >= 4 is 40.6 Å².